The molecule has 2 aromatic carbocycles. The Kier molecular flexibility index (Phi) is 3.51. The summed E-state index contributed by atoms with van der Waals surface area (Å²) in [4.78, 5) is 0. The average molecular weight is 300 g/mol. The third kappa shape index (κ3) is 2.83. The Hall–Kier alpha value is -2.14. The summed E-state index contributed by atoms with van der Waals surface area (Å²) in [6, 6.07) is 19.0. The molecule has 1 aliphatic rings. The summed E-state index contributed by atoms with van der Waals surface area (Å²) < 4.78 is 25.3. The minimum Gasteiger partial charge on any atom is -0.205 e. The smallest absolute Gasteiger partial charge is 0.205 e. The van der Waals surface area contributed by atoms with Crippen molar-refractivity contribution in [2.75, 3.05) is 6.26 Å². The molecule has 0 amide bonds. The van der Waals surface area contributed by atoms with Crippen LogP contribution in [-0.4, -0.2) is 24.8 Å². The first kappa shape index (κ1) is 13.8. The number of benzene rings is 2. The van der Waals surface area contributed by atoms with E-state index in [-0.39, 0.29) is 6.04 Å². The molecule has 1 atom stereocenters. The van der Waals surface area contributed by atoms with Crippen molar-refractivity contribution in [3.05, 3.63) is 71.8 Å². The summed E-state index contributed by atoms with van der Waals surface area (Å²) in [5.74, 6) is 0. The Balaban J connectivity index is 2.01. The summed E-state index contributed by atoms with van der Waals surface area (Å²) in [6.45, 7) is 0. The number of hydrogen-bond donors (Lipinski definition) is 0. The lowest BCUT2D eigenvalue weighted by Gasteiger charge is -2.21. The van der Waals surface area contributed by atoms with Gasteiger partial charge in [-0.3, -0.25) is 0 Å². The van der Waals surface area contributed by atoms with Gasteiger partial charge in [-0.05, 0) is 11.1 Å². The Bertz CT molecular complexity index is 755. The zero-order valence-electron chi connectivity index (χ0n) is 11.7. The number of hydrogen-bond acceptors (Lipinski definition) is 3. The lowest BCUT2D eigenvalue weighted by Crippen LogP contribution is -2.25. The van der Waals surface area contributed by atoms with Crippen molar-refractivity contribution in [2.24, 2.45) is 5.10 Å². The van der Waals surface area contributed by atoms with Gasteiger partial charge in [0.05, 0.1) is 18.0 Å². The Morgan fingerprint density at radius 1 is 1.00 bits per heavy atom. The topological polar surface area (TPSA) is 49.7 Å². The molecular formula is C16H16N2O2S. The second-order valence-electron chi connectivity index (χ2n) is 5.08. The number of nitrogens with zero attached hydrogens (tertiary/aromatic N) is 2. The van der Waals surface area contributed by atoms with E-state index in [1.807, 2.05) is 60.7 Å². The summed E-state index contributed by atoms with van der Waals surface area (Å²) in [6.07, 6.45) is 1.78. The van der Waals surface area contributed by atoms with Crippen LogP contribution in [0.4, 0.5) is 0 Å². The van der Waals surface area contributed by atoms with Crippen LogP contribution in [-0.2, 0) is 10.0 Å². The van der Waals surface area contributed by atoms with E-state index in [2.05, 4.69) is 5.10 Å². The first-order valence-corrected chi connectivity index (χ1v) is 8.58. The number of rotatable bonds is 3. The van der Waals surface area contributed by atoms with Crippen LogP contribution in [0, 0.1) is 0 Å². The van der Waals surface area contributed by atoms with Gasteiger partial charge in [0.2, 0.25) is 10.0 Å². The highest BCUT2D eigenvalue weighted by molar-refractivity contribution is 7.88. The van der Waals surface area contributed by atoms with E-state index in [9.17, 15) is 8.42 Å². The molecule has 0 radical (unpaired) electrons. The molecule has 5 heteroatoms. The molecule has 0 bridgehead atoms. The highest BCUT2D eigenvalue weighted by Crippen LogP contribution is 2.34. The fourth-order valence-electron chi connectivity index (χ4n) is 2.52. The molecule has 4 nitrogen and oxygen atoms in total. The minimum absolute atomic E-state index is 0.267. The van der Waals surface area contributed by atoms with Crippen molar-refractivity contribution in [1.82, 2.24) is 4.41 Å². The lowest BCUT2D eigenvalue weighted by atomic mass is 9.99. The Morgan fingerprint density at radius 2 is 1.57 bits per heavy atom. The van der Waals surface area contributed by atoms with Gasteiger partial charge in [0, 0.05) is 6.42 Å². The summed E-state index contributed by atoms with van der Waals surface area (Å²) >= 11 is 0. The van der Waals surface area contributed by atoms with Gasteiger partial charge in [-0.1, -0.05) is 60.7 Å². The first-order valence-electron chi connectivity index (χ1n) is 6.73. The molecular weight excluding hydrogens is 284 g/mol. The standard InChI is InChI=1S/C16H16N2O2S/c1-21(19,20)18-16(14-10-6-3-7-11-14)12-15(17-18)13-8-4-2-5-9-13/h2-11,16H,12H2,1H3. The molecule has 0 N–H and O–H groups in total. The van der Waals surface area contributed by atoms with Gasteiger partial charge in [0.15, 0.2) is 0 Å². The van der Waals surface area contributed by atoms with E-state index in [1.165, 1.54) is 10.7 Å². The van der Waals surface area contributed by atoms with Crippen LogP contribution in [0.2, 0.25) is 0 Å². The molecule has 0 aliphatic carbocycles. The van der Waals surface area contributed by atoms with Crippen molar-refractivity contribution >= 4 is 15.7 Å². The SMILES string of the molecule is CS(=O)(=O)N1N=C(c2ccccc2)CC1c1ccccc1. The zero-order valence-corrected chi connectivity index (χ0v) is 12.5. The Morgan fingerprint density at radius 3 is 2.14 bits per heavy atom. The van der Waals surface area contributed by atoms with Crippen molar-refractivity contribution in [3.8, 4) is 0 Å². The predicted octanol–water partition coefficient (Wildman–Crippen LogP) is 2.80. The fraction of sp³-hybridized carbons (Fsp3) is 0.188. The van der Waals surface area contributed by atoms with Crippen LogP contribution in [0.1, 0.15) is 23.6 Å². The monoisotopic (exact) mass is 300 g/mol. The normalized spacial score (nSPS) is 18.6. The van der Waals surface area contributed by atoms with Crippen LogP contribution >= 0.6 is 0 Å². The molecule has 1 unspecified atom stereocenters. The van der Waals surface area contributed by atoms with E-state index in [0.29, 0.717) is 6.42 Å². The van der Waals surface area contributed by atoms with Crippen LogP contribution < -0.4 is 0 Å². The van der Waals surface area contributed by atoms with E-state index >= 15 is 0 Å². The Labute approximate surface area is 124 Å². The average Bonchev–Trinajstić information content (AvgIpc) is 2.94. The van der Waals surface area contributed by atoms with Gasteiger partial charge in [-0.25, -0.2) is 8.42 Å². The molecule has 1 aliphatic heterocycles. The van der Waals surface area contributed by atoms with E-state index in [0.717, 1.165) is 16.8 Å². The molecule has 0 saturated carbocycles. The quantitative estimate of drug-likeness (QED) is 0.875. The highest BCUT2D eigenvalue weighted by Gasteiger charge is 2.34. The number of sulfonamides is 1. The molecule has 0 saturated heterocycles. The highest BCUT2D eigenvalue weighted by atomic mass is 32.2. The summed E-state index contributed by atoms with van der Waals surface area (Å²) in [5.41, 5.74) is 2.72. The second-order valence-corrected chi connectivity index (χ2v) is 6.92. The summed E-state index contributed by atoms with van der Waals surface area (Å²) in [5, 5.41) is 4.35. The first-order chi connectivity index (χ1) is 10.1. The van der Waals surface area contributed by atoms with Gasteiger partial charge < -0.3 is 0 Å². The maximum Gasteiger partial charge on any atom is 0.247 e. The zero-order chi connectivity index (χ0) is 14.9. The maximum atomic E-state index is 12.0. The van der Waals surface area contributed by atoms with Gasteiger partial charge in [-0.2, -0.15) is 9.52 Å². The third-order valence-corrected chi connectivity index (χ3v) is 4.52. The van der Waals surface area contributed by atoms with Crippen LogP contribution in [0.5, 0.6) is 0 Å². The predicted molar refractivity (Wildman–Crippen MR) is 83.5 cm³/mol. The van der Waals surface area contributed by atoms with Gasteiger partial charge in [0.25, 0.3) is 0 Å². The van der Waals surface area contributed by atoms with Crippen molar-refractivity contribution < 1.29 is 8.42 Å². The fourth-order valence-corrected chi connectivity index (χ4v) is 3.43. The molecule has 1 heterocycles. The summed E-state index contributed by atoms with van der Waals surface area (Å²) in [7, 11) is -3.39. The molecule has 3 rings (SSSR count). The molecule has 21 heavy (non-hydrogen) atoms. The molecule has 0 fully saturated rings. The van der Waals surface area contributed by atoms with E-state index in [1.54, 1.807) is 0 Å². The van der Waals surface area contributed by atoms with Crippen LogP contribution in [0.15, 0.2) is 65.8 Å². The number of hydrazone groups is 1. The van der Waals surface area contributed by atoms with Crippen LogP contribution in [0.25, 0.3) is 0 Å². The largest absolute Gasteiger partial charge is 0.247 e. The second kappa shape index (κ2) is 5.33. The molecule has 0 spiro atoms. The van der Waals surface area contributed by atoms with E-state index in [4.69, 9.17) is 0 Å². The van der Waals surface area contributed by atoms with Crippen molar-refractivity contribution in [1.29, 1.82) is 0 Å². The third-order valence-electron chi connectivity index (χ3n) is 3.50. The van der Waals surface area contributed by atoms with E-state index < -0.39 is 10.0 Å². The minimum atomic E-state index is -3.39. The van der Waals surface area contributed by atoms with Gasteiger partial charge >= 0.3 is 0 Å². The molecule has 2 aromatic rings. The van der Waals surface area contributed by atoms with Crippen molar-refractivity contribution in [2.45, 2.75) is 12.5 Å². The molecule has 0 aromatic heterocycles. The molecule has 108 valence electrons. The van der Waals surface area contributed by atoms with Crippen molar-refractivity contribution in [3.63, 3.8) is 0 Å². The van der Waals surface area contributed by atoms with Crippen LogP contribution in [0.3, 0.4) is 0 Å². The maximum absolute atomic E-state index is 12.0. The van der Waals surface area contributed by atoms with Gasteiger partial charge in [-0.15, -0.1) is 0 Å². The van der Waals surface area contributed by atoms with Gasteiger partial charge in [0.1, 0.15) is 0 Å². The lowest BCUT2D eigenvalue weighted by molar-refractivity contribution is 0.375.